The third-order valence-corrected chi connectivity index (χ3v) is 5.26. The minimum atomic E-state index is -4.72. The summed E-state index contributed by atoms with van der Waals surface area (Å²) < 4.78 is 74.1. The van der Waals surface area contributed by atoms with E-state index in [1.165, 1.54) is 6.92 Å². The van der Waals surface area contributed by atoms with E-state index in [2.05, 4.69) is 20.3 Å². The first-order valence-corrected chi connectivity index (χ1v) is 10.2. The standard InChI is InChI=1S/C14H13FN4O7S2/c1-6-16-13(15)19-14(17-6)18-10-4-8(27(21,22)23)2-7-3-9(28(24,25)26)5-11(20)12(7)10/h2-5,20,24-26H,1H3,(H,21,22,23)(H,16,17,18,19). The van der Waals surface area contributed by atoms with Crippen molar-refractivity contribution in [2.45, 2.75) is 16.7 Å². The van der Waals surface area contributed by atoms with Gasteiger partial charge in [0.2, 0.25) is 5.95 Å². The predicted octanol–water partition coefficient (Wildman–Crippen LogP) is 2.75. The maximum atomic E-state index is 13.4. The van der Waals surface area contributed by atoms with Gasteiger partial charge in [-0.05, 0) is 36.6 Å². The number of anilines is 2. The molecule has 3 aromatic rings. The van der Waals surface area contributed by atoms with Crippen LogP contribution in [0, 0.1) is 13.0 Å². The number of aromatic nitrogens is 3. The van der Waals surface area contributed by atoms with Gasteiger partial charge >= 0.3 is 6.08 Å². The number of nitrogens with zero attached hydrogens (tertiary/aromatic N) is 3. The number of nitrogens with one attached hydrogen (secondary N) is 1. The molecule has 0 aliphatic heterocycles. The minimum Gasteiger partial charge on any atom is -0.507 e. The average Bonchev–Trinajstić information content (AvgIpc) is 2.51. The molecular formula is C14H13FN4O7S2. The number of fused-ring (bicyclic) bond motifs is 1. The fraction of sp³-hybridized carbons (Fsp3) is 0.0714. The zero-order valence-corrected chi connectivity index (χ0v) is 15.5. The maximum absolute atomic E-state index is 13.4. The molecule has 6 N–H and O–H groups in total. The van der Waals surface area contributed by atoms with Gasteiger partial charge in [0, 0.05) is 5.39 Å². The van der Waals surface area contributed by atoms with Crippen LogP contribution < -0.4 is 5.32 Å². The molecule has 0 unspecified atom stereocenters. The second-order valence-corrected chi connectivity index (χ2v) is 8.54. The van der Waals surface area contributed by atoms with Crippen LogP contribution >= 0.6 is 10.9 Å². The smallest absolute Gasteiger partial charge is 0.313 e. The lowest BCUT2D eigenvalue weighted by Crippen LogP contribution is -2.06. The number of benzene rings is 2. The zero-order chi connectivity index (χ0) is 20.9. The number of phenols is 1. The van der Waals surface area contributed by atoms with Gasteiger partial charge in [-0.2, -0.15) is 27.8 Å². The average molecular weight is 432 g/mol. The number of aryl methyl sites for hydroxylation is 1. The Morgan fingerprint density at radius 1 is 0.964 bits per heavy atom. The lowest BCUT2D eigenvalue weighted by molar-refractivity contribution is 0.375. The second kappa shape index (κ2) is 6.77. The molecule has 1 aromatic heterocycles. The lowest BCUT2D eigenvalue weighted by Gasteiger charge is -2.21. The molecule has 0 fully saturated rings. The first-order valence-electron chi connectivity index (χ1n) is 7.29. The third kappa shape index (κ3) is 4.11. The van der Waals surface area contributed by atoms with E-state index in [-0.39, 0.29) is 28.2 Å². The van der Waals surface area contributed by atoms with Crippen LogP contribution in [0.3, 0.4) is 0 Å². The molecule has 0 radical (unpaired) electrons. The first kappa shape index (κ1) is 20.1. The van der Waals surface area contributed by atoms with Crippen molar-refractivity contribution >= 4 is 43.4 Å². The molecule has 11 nitrogen and oxygen atoms in total. The summed E-state index contributed by atoms with van der Waals surface area (Å²) in [5, 5.41) is 12.7. The Kier molecular flexibility index (Phi) is 4.86. The molecule has 150 valence electrons. The summed E-state index contributed by atoms with van der Waals surface area (Å²) in [6.45, 7) is 1.39. The maximum Gasteiger partial charge on any atom is 0.313 e. The van der Waals surface area contributed by atoms with Gasteiger partial charge in [-0.25, -0.2) is 0 Å². The monoisotopic (exact) mass is 432 g/mol. The van der Waals surface area contributed by atoms with E-state index in [4.69, 9.17) is 0 Å². The summed E-state index contributed by atoms with van der Waals surface area (Å²) in [4.78, 5) is 9.48. The largest absolute Gasteiger partial charge is 0.507 e. The van der Waals surface area contributed by atoms with Crippen LogP contribution in [0.2, 0.25) is 0 Å². The van der Waals surface area contributed by atoms with Crippen molar-refractivity contribution < 1.29 is 36.1 Å². The number of rotatable bonds is 4. The predicted molar refractivity (Wildman–Crippen MR) is 97.0 cm³/mol. The second-order valence-electron chi connectivity index (χ2n) is 5.61. The fourth-order valence-electron chi connectivity index (χ4n) is 2.47. The van der Waals surface area contributed by atoms with Crippen LogP contribution in [0.5, 0.6) is 5.75 Å². The molecule has 0 bridgehead atoms. The van der Waals surface area contributed by atoms with E-state index in [0.717, 1.165) is 24.3 Å². The zero-order valence-electron chi connectivity index (χ0n) is 13.9. The van der Waals surface area contributed by atoms with Gasteiger partial charge in [0.1, 0.15) is 22.4 Å². The number of phenolic OH excluding ortho intramolecular Hbond substituents is 1. The molecule has 1 heterocycles. The quantitative estimate of drug-likeness (QED) is 0.333. The van der Waals surface area contributed by atoms with E-state index in [1.807, 2.05) is 0 Å². The highest BCUT2D eigenvalue weighted by molar-refractivity contribution is 8.19. The van der Waals surface area contributed by atoms with Gasteiger partial charge in [0.25, 0.3) is 10.1 Å². The Balaban J connectivity index is 2.30. The summed E-state index contributed by atoms with van der Waals surface area (Å²) in [5.41, 5.74) is -0.145. The normalized spacial score (nSPS) is 12.9. The molecule has 0 saturated carbocycles. The molecule has 28 heavy (non-hydrogen) atoms. The molecule has 0 amide bonds. The van der Waals surface area contributed by atoms with Crippen molar-refractivity contribution in [1.29, 1.82) is 0 Å². The molecule has 0 aliphatic carbocycles. The van der Waals surface area contributed by atoms with Crippen LogP contribution in [0.4, 0.5) is 16.0 Å². The van der Waals surface area contributed by atoms with Gasteiger partial charge in [0.05, 0.1) is 15.5 Å². The number of halogens is 1. The summed E-state index contributed by atoms with van der Waals surface area (Å²) in [6.07, 6.45) is -1.11. The van der Waals surface area contributed by atoms with Gasteiger partial charge in [-0.15, -0.1) is 0 Å². The Bertz CT molecular complexity index is 1180. The SMILES string of the molecule is Cc1nc(F)nc(Nc2cc(S(=O)(=O)O)cc3cc(S(O)(O)O)cc(O)c23)n1. The highest BCUT2D eigenvalue weighted by Gasteiger charge is 2.22. The van der Waals surface area contributed by atoms with Crippen molar-refractivity contribution in [3.63, 3.8) is 0 Å². The number of hydrogen-bond donors (Lipinski definition) is 6. The lowest BCUT2D eigenvalue weighted by atomic mass is 10.1. The van der Waals surface area contributed by atoms with E-state index in [1.54, 1.807) is 0 Å². The molecule has 0 aliphatic rings. The van der Waals surface area contributed by atoms with Crippen molar-refractivity contribution in [3.8, 4) is 5.75 Å². The summed E-state index contributed by atoms with van der Waals surface area (Å²) >= 11 is 0. The molecule has 0 spiro atoms. The fourth-order valence-corrected chi connectivity index (χ4v) is 3.57. The molecule has 0 atom stereocenters. The van der Waals surface area contributed by atoms with Crippen molar-refractivity contribution in [1.82, 2.24) is 15.0 Å². The van der Waals surface area contributed by atoms with Gasteiger partial charge in [0.15, 0.2) is 0 Å². The number of aromatic hydroxyl groups is 1. The van der Waals surface area contributed by atoms with Crippen LogP contribution in [-0.2, 0) is 10.1 Å². The number of hydrogen-bond acceptors (Lipinski definition) is 10. The van der Waals surface area contributed by atoms with Gasteiger partial charge < -0.3 is 24.1 Å². The minimum absolute atomic E-state index is 0.0194. The Morgan fingerprint density at radius 2 is 1.61 bits per heavy atom. The van der Waals surface area contributed by atoms with E-state index in [0.29, 0.717) is 0 Å². The topological polar surface area (TPSA) is 186 Å². The first-order chi connectivity index (χ1) is 12.8. The third-order valence-electron chi connectivity index (χ3n) is 3.56. The van der Waals surface area contributed by atoms with E-state index < -0.39 is 42.6 Å². The molecule has 3 rings (SSSR count). The van der Waals surface area contributed by atoms with Crippen molar-refractivity contribution in [2.24, 2.45) is 0 Å². The van der Waals surface area contributed by atoms with Gasteiger partial charge in [-0.1, -0.05) is 0 Å². The summed E-state index contributed by atoms with van der Waals surface area (Å²) in [6, 6.07) is 3.73. The Morgan fingerprint density at radius 3 is 2.18 bits per heavy atom. The van der Waals surface area contributed by atoms with E-state index >= 15 is 0 Å². The van der Waals surface area contributed by atoms with Crippen molar-refractivity contribution in [3.05, 3.63) is 36.2 Å². The highest BCUT2D eigenvalue weighted by Crippen LogP contribution is 2.48. The summed E-state index contributed by atoms with van der Waals surface area (Å²) in [7, 11) is -8.94. The molecular weight excluding hydrogens is 419 g/mol. The van der Waals surface area contributed by atoms with Crippen LogP contribution in [0.1, 0.15) is 5.82 Å². The van der Waals surface area contributed by atoms with Crippen LogP contribution in [0.15, 0.2) is 34.1 Å². The molecule has 2 aromatic carbocycles. The summed E-state index contributed by atoms with van der Waals surface area (Å²) in [5.74, 6) is -0.864. The van der Waals surface area contributed by atoms with Crippen LogP contribution in [-0.4, -0.2) is 46.7 Å². The van der Waals surface area contributed by atoms with Gasteiger partial charge in [-0.3, -0.25) is 4.55 Å². The Labute approximate surface area is 158 Å². The Hall–Kier alpha value is -2.62. The van der Waals surface area contributed by atoms with Crippen LogP contribution in [0.25, 0.3) is 10.8 Å². The highest BCUT2D eigenvalue weighted by atomic mass is 32.3. The molecule has 0 saturated heterocycles. The molecule has 14 heteroatoms. The van der Waals surface area contributed by atoms with Crippen molar-refractivity contribution in [2.75, 3.05) is 5.32 Å². The van der Waals surface area contributed by atoms with E-state index in [9.17, 15) is 36.1 Å².